The molecule has 4 rings (SSSR count). The number of methoxy groups -OCH3 is 2. The van der Waals surface area contributed by atoms with Crippen LogP contribution in [0.4, 0.5) is 17.3 Å². The van der Waals surface area contributed by atoms with Gasteiger partial charge >= 0.3 is 0 Å². The molecule has 0 fully saturated rings. The zero-order valence-electron chi connectivity index (χ0n) is 15.8. The van der Waals surface area contributed by atoms with Gasteiger partial charge in [0, 0.05) is 11.6 Å². The maximum atomic E-state index is 12.4. The predicted octanol–water partition coefficient (Wildman–Crippen LogP) is 3.22. The first-order valence-corrected chi connectivity index (χ1v) is 8.70. The van der Waals surface area contributed by atoms with Crippen molar-refractivity contribution >= 4 is 23.2 Å². The molecule has 0 saturated heterocycles. The molecule has 3 aromatic rings. The minimum Gasteiger partial charge on any atom is -0.497 e. The lowest BCUT2D eigenvalue weighted by atomic mass is 10.2. The monoisotopic (exact) mass is 394 g/mol. The zero-order chi connectivity index (χ0) is 20.2. The van der Waals surface area contributed by atoms with Crippen LogP contribution in [0.2, 0.25) is 0 Å². The summed E-state index contributed by atoms with van der Waals surface area (Å²) in [7, 11) is 3.16. The Balaban J connectivity index is 1.45. The summed E-state index contributed by atoms with van der Waals surface area (Å²) in [4.78, 5) is 12.4. The summed E-state index contributed by atoms with van der Waals surface area (Å²) < 4.78 is 21.1. The maximum absolute atomic E-state index is 12.4. The molecule has 0 bridgehead atoms. The van der Waals surface area contributed by atoms with E-state index in [-0.39, 0.29) is 12.7 Å². The Morgan fingerprint density at radius 1 is 0.931 bits per heavy atom. The largest absolute Gasteiger partial charge is 0.497 e. The minimum atomic E-state index is -0.326. The molecule has 29 heavy (non-hydrogen) atoms. The van der Waals surface area contributed by atoms with Gasteiger partial charge in [-0.1, -0.05) is 0 Å². The predicted molar refractivity (Wildman–Crippen MR) is 105 cm³/mol. The number of anilines is 3. The Kier molecular flexibility index (Phi) is 5.02. The van der Waals surface area contributed by atoms with Gasteiger partial charge in [-0.3, -0.25) is 4.79 Å². The molecule has 9 heteroatoms. The average Bonchev–Trinajstić information content (AvgIpc) is 3.23. The van der Waals surface area contributed by atoms with E-state index in [1.807, 2.05) is 0 Å². The summed E-state index contributed by atoms with van der Waals surface area (Å²) in [5.41, 5.74) is 1.11. The molecule has 0 aliphatic carbocycles. The smallest absolute Gasteiger partial charge is 0.257 e. The van der Waals surface area contributed by atoms with Crippen LogP contribution < -0.4 is 29.6 Å². The summed E-state index contributed by atoms with van der Waals surface area (Å²) in [6.07, 6.45) is 0. The lowest BCUT2D eigenvalue weighted by Crippen LogP contribution is -2.13. The zero-order valence-corrected chi connectivity index (χ0v) is 15.8. The Morgan fingerprint density at radius 3 is 2.48 bits per heavy atom. The lowest BCUT2D eigenvalue weighted by molar-refractivity contribution is 0.102. The molecule has 0 atom stereocenters. The van der Waals surface area contributed by atoms with Crippen molar-refractivity contribution < 1.29 is 23.7 Å². The van der Waals surface area contributed by atoms with Gasteiger partial charge in [-0.25, -0.2) is 0 Å². The van der Waals surface area contributed by atoms with Crippen molar-refractivity contribution in [3.63, 3.8) is 0 Å². The molecule has 0 saturated carbocycles. The van der Waals surface area contributed by atoms with Gasteiger partial charge in [-0.05, 0) is 42.5 Å². The number of carbonyl (C=O) groups is 1. The van der Waals surface area contributed by atoms with Gasteiger partial charge in [0.05, 0.1) is 19.9 Å². The van der Waals surface area contributed by atoms with E-state index >= 15 is 0 Å². The van der Waals surface area contributed by atoms with Gasteiger partial charge in [0.1, 0.15) is 11.5 Å². The van der Waals surface area contributed by atoms with Crippen molar-refractivity contribution in [2.24, 2.45) is 0 Å². The highest BCUT2D eigenvalue weighted by Crippen LogP contribution is 2.33. The second-order valence-corrected chi connectivity index (χ2v) is 6.02. The molecule has 1 aliphatic heterocycles. The van der Waals surface area contributed by atoms with Crippen LogP contribution in [0, 0.1) is 0 Å². The number of amides is 1. The third-order valence-corrected chi connectivity index (χ3v) is 4.21. The summed E-state index contributed by atoms with van der Waals surface area (Å²) in [5.74, 6) is 2.93. The third-order valence-electron chi connectivity index (χ3n) is 4.21. The number of fused-ring (bicyclic) bond motifs is 1. The molecule has 1 aromatic heterocycles. The Morgan fingerprint density at radius 2 is 1.72 bits per heavy atom. The molecule has 1 amide bonds. The van der Waals surface area contributed by atoms with Crippen LogP contribution in [0.3, 0.4) is 0 Å². The quantitative estimate of drug-likeness (QED) is 0.657. The number of aromatic nitrogens is 2. The molecular weight excluding hydrogens is 376 g/mol. The number of benzene rings is 2. The van der Waals surface area contributed by atoms with Crippen LogP contribution in [-0.4, -0.2) is 37.1 Å². The summed E-state index contributed by atoms with van der Waals surface area (Å²) in [6.45, 7) is 0.151. The standard InChI is InChI=1S/C20H18N4O5/c1-26-13-4-6-15(27-2)14(10-13)21-18-7-8-19(24-23-18)22-20(25)12-3-5-16-17(9-12)29-11-28-16/h3-10H,11H2,1-2H3,(H,21,23)(H,22,24,25). The van der Waals surface area contributed by atoms with Crippen molar-refractivity contribution in [2.75, 3.05) is 31.6 Å². The first-order valence-electron chi connectivity index (χ1n) is 8.70. The van der Waals surface area contributed by atoms with E-state index in [1.54, 1.807) is 62.8 Å². The SMILES string of the molecule is COc1ccc(OC)c(Nc2ccc(NC(=O)c3ccc4c(c3)OCO4)nn2)c1. The number of hydrogen-bond donors (Lipinski definition) is 2. The number of carbonyl (C=O) groups excluding carboxylic acids is 1. The first kappa shape index (κ1) is 18.4. The summed E-state index contributed by atoms with van der Waals surface area (Å²) in [5, 5.41) is 13.9. The van der Waals surface area contributed by atoms with E-state index in [0.29, 0.717) is 45.9 Å². The molecule has 2 aromatic carbocycles. The molecule has 0 unspecified atom stereocenters. The Labute approximate surface area is 166 Å². The van der Waals surface area contributed by atoms with E-state index in [2.05, 4.69) is 20.8 Å². The number of rotatable bonds is 6. The van der Waals surface area contributed by atoms with Crippen LogP contribution in [-0.2, 0) is 0 Å². The Bertz CT molecular complexity index is 1040. The van der Waals surface area contributed by atoms with Crippen molar-refractivity contribution in [3.05, 3.63) is 54.1 Å². The van der Waals surface area contributed by atoms with Crippen LogP contribution in [0.5, 0.6) is 23.0 Å². The van der Waals surface area contributed by atoms with Gasteiger partial charge in [0.2, 0.25) is 6.79 Å². The highest BCUT2D eigenvalue weighted by molar-refractivity contribution is 6.04. The molecule has 2 N–H and O–H groups in total. The number of nitrogens with zero attached hydrogens (tertiary/aromatic N) is 2. The number of ether oxygens (including phenoxy) is 4. The molecule has 0 spiro atoms. The summed E-state index contributed by atoms with van der Waals surface area (Å²) >= 11 is 0. The average molecular weight is 394 g/mol. The van der Waals surface area contributed by atoms with Gasteiger partial charge in [0.25, 0.3) is 5.91 Å². The first-order chi connectivity index (χ1) is 14.2. The Hall–Kier alpha value is -4.01. The van der Waals surface area contributed by atoms with Gasteiger partial charge in [0.15, 0.2) is 23.1 Å². The molecule has 1 aliphatic rings. The molecule has 0 radical (unpaired) electrons. The minimum absolute atomic E-state index is 0.151. The second kappa shape index (κ2) is 7.93. The maximum Gasteiger partial charge on any atom is 0.257 e. The molecular formula is C20H18N4O5. The highest BCUT2D eigenvalue weighted by Gasteiger charge is 2.16. The van der Waals surface area contributed by atoms with Crippen molar-refractivity contribution in [1.29, 1.82) is 0 Å². The van der Waals surface area contributed by atoms with E-state index in [1.165, 1.54) is 0 Å². The number of nitrogens with one attached hydrogen (secondary N) is 2. The van der Waals surface area contributed by atoms with Gasteiger partial charge < -0.3 is 29.6 Å². The van der Waals surface area contributed by atoms with Gasteiger partial charge in [-0.15, -0.1) is 10.2 Å². The molecule has 2 heterocycles. The fourth-order valence-electron chi connectivity index (χ4n) is 2.74. The summed E-state index contributed by atoms with van der Waals surface area (Å²) in [6, 6.07) is 13.7. The van der Waals surface area contributed by atoms with Gasteiger partial charge in [-0.2, -0.15) is 0 Å². The van der Waals surface area contributed by atoms with E-state index < -0.39 is 0 Å². The van der Waals surface area contributed by atoms with Crippen LogP contribution in [0.15, 0.2) is 48.5 Å². The fourth-order valence-corrected chi connectivity index (χ4v) is 2.74. The van der Waals surface area contributed by atoms with E-state index in [0.717, 1.165) is 0 Å². The molecule has 9 nitrogen and oxygen atoms in total. The van der Waals surface area contributed by atoms with E-state index in [9.17, 15) is 4.79 Å². The van der Waals surface area contributed by atoms with Crippen molar-refractivity contribution in [1.82, 2.24) is 10.2 Å². The lowest BCUT2D eigenvalue weighted by Gasteiger charge is -2.12. The number of hydrogen-bond acceptors (Lipinski definition) is 8. The molecule has 148 valence electrons. The third kappa shape index (κ3) is 3.98. The van der Waals surface area contributed by atoms with Crippen molar-refractivity contribution in [2.45, 2.75) is 0 Å². The van der Waals surface area contributed by atoms with Crippen LogP contribution >= 0.6 is 0 Å². The van der Waals surface area contributed by atoms with Crippen molar-refractivity contribution in [3.8, 4) is 23.0 Å². The van der Waals surface area contributed by atoms with Crippen LogP contribution in [0.25, 0.3) is 0 Å². The normalized spacial score (nSPS) is 11.7. The second-order valence-electron chi connectivity index (χ2n) is 6.02. The highest BCUT2D eigenvalue weighted by atomic mass is 16.7. The van der Waals surface area contributed by atoms with E-state index in [4.69, 9.17) is 18.9 Å². The topological polar surface area (TPSA) is 104 Å². The fraction of sp³-hybridized carbons (Fsp3) is 0.150. The van der Waals surface area contributed by atoms with Crippen LogP contribution in [0.1, 0.15) is 10.4 Å².